The number of carbonyl (C=O) groups excluding carboxylic acids is 1. The van der Waals surface area contributed by atoms with Crippen LogP contribution in [0.25, 0.3) is 0 Å². The van der Waals surface area contributed by atoms with Crippen molar-refractivity contribution >= 4 is 23.2 Å². The van der Waals surface area contributed by atoms with Crippen molar-refractivity contribution in [3.63, 3.8) is 0 Å². The van der Waals surface area contributed by atoms with Crippen molar-refractivity contribution in [2.75, 3.05) is 5.32 Å². The molecule has 1 saturated carbocycles. The summed E-state index contributed by atoms with van der Waals surface area (Å²) in [6.07, 6.45) is -5.20. The summed E-state index contributed by atoms with van der Waals surface area (Å²) in [4.78, 5) is 13.9. The first-order chi connectivity index (χ1) is 20.2. The Hall–Kier alpha value is -4.05. The van der Waals surface area contributed by atoms with Gasteiger partial charge in [-0.2, -0.15) is 13.2 Å². The minimum atomic E-state index is -4.98. The fourth-order valence-corrected chi connectivity index (χ4v) is 5.89. The second-order valence-electron chi connectivity index (χ2n) is 10.7. The molecule has 4 aromatic carbocycles. The monoisotopic (exact) mass is 585 g/mol. The van der Waals surface area contributed by atoms with Crippen LogP contribution in [-0.2, 0) is 20.5 Å². The van der Waals surface area contributed by atoms with Gasteiger partial charge in [0, 0.05) is 34.0 Å². The van der Waals surface area contributed by atoms with Crippen LogP contribution in [0.15, 0.2) is 109 Å². The zero-order valence-electron chi connectivity index (χ0n) is 22.5. The Morgan fingerprint density at radius 2 is 1.36 bits per heavy atom. The van der Waals surface area contributed by atoms with E-state index in [-0.39, 0.29) is 28.6 Å². The molecule has 1 aliphatic heterocycles. The summed E-state index contributed by atoms with van der Waals surface area (Å²) in [6.45, 7) is 0. The molecule has 6 rings (SSSR count). The highest BCUT2D eigenvalue weighted by Gasteiger charge is 2.61. The lowest BCUT2D eigenvalue weighted by molar-refractivity contribution is -0.269. The van der Waals surface area contributed by atoms with Crippen LogP contribution >= 0.6 is 11.6 Å². The molecule has 0 saturated heterocycles. The average molecular weight is 586 g/mol. The number of anilines is 1. The molecule has 1 fully saturated rings. The molecule has 0 spiro atoms. The van der Waals surface area contributed by atoms with E-state index in [1.165, 1.54) is 18.2 Å². The molecule has 0 unspecified atom stereocenters. The van der Waals surface area contributed by atoms with E-state index in [2.05, 4.69) is 17.2 Å². The molecule has 0 radical (unpaired) electrons. The maximum absolute atomic E-state index is 15.4. The molecule has 1 aliphatic carbocycles. The lowest BCUT2D eigenvalue weighted by Gasteiger charge is -2.40. The lowest BCUT2D eigenvalue weighted by atomic mass is 9.66. The topological polar surface area (TPSA) is 38.3 Å². The van der Waals surface area contributed by atoms with E-state index >= 15 is 13.2 Å². The van der Waals surface area contributed by atoms with E-state index in [4.69, 9.17) is 16.3 Å². The molecule has 1 N–H and O–H groups in total. The van der Waals surface area contributed by atoms with Gasteiger partial charge in [-0.25, -0.2) is 0 Å². The summed E-state index contributed by atoms with van der Waals surface area (Å²) in [6, 6.07) is 32.4. The van der Waals surface area contributed by atoms with Crippen LogP contribution in [0.1, 0.15) is 41.5 Å². The number of nitrogens with one attached hydrogen (secondary N) is 1. The SMILES string of the molecule is O=C1Nc2ccc(Cl)cc2[C@](C#CC2CC2)(C(F)(F)F)O[C@@H]1CC(c1ccccc1)(c1ccccc1)c1ccccc1. The summed E-state index contributed by atoms with van der Waals surface area (Å²) in [5.74, 6) is 4.42. The lowest BCUT2D eigenvalue weighted by Crippen LogP contribution is -2.49. The normalized spacial score (nSPS) is 20.5. The van der Waals surface area contributed by atoms with E-state index in [0.29, 0.717) is 0 Å². The fraction of sp³-hybridized carbons (Fsp3) is 0.229. The van der Waals surface area contributed by atoms with Crippen LogP contribution < -0.4 is 5.32 Å². The number of benzene rings is 4. The van der Waals surface area contributed by atoms with E-state index < -0.39 is 29.2 Å². The van der Waals surface area contributed by atoms with Gasteiger partial charge in [0.2, 0.25) is 0 Å². The summed E-state index contributed by atoms with van der Waals surface area (Å²) in [5.41, 5.74) is -2.03. The Morgan fingerprint density at radius 3 is 1.83 bits per heavy atom. The second kappa shape index (κ2) is 11.0. The largest absolute Gasteiger partial charge is 0.433 e. The van der Waals surface area contributed by atoms with Crippen molar-refractivity contribution in [2.45, 2.75) is 42.6 Å². The summed E-state index contributed by atoms with van der Waals surface area (Å²) in [5, 5.41) is 2.80. The van der Waals surface area contributed by atoms with Gasteiger partial charge in [-0.3, -0.25) is 4.79 Å². The van der Waals surface area contributed by atoms with Crippen LogP contribution in [0.4, 0.5) is 18.9 Å². The Morgan fingerprint density at radius 1 is 0.833 bits per heavy atom. The van der Waals surface area contributed by atoms with Gasteiger partial charge in [0.25, 0.3) is 11.5 Å². The van der Waals surface area contributed by atoms with E-state index in [9.17, 15) is 4.79 Å². The first kappa shape index (κ1) is 28.1. The molecular weight excluding hydrogens is 559 g/mol. The highest BCUT2D eigenvalue weighted by Crippen LogP contribution is 2.51. The number of halogens is 4. The van der Waals surface area contributed by atoms with E-state index in [1.807, 2.05) is 91.0 Å². The number of hydrogen-bond acceptors (Lipinski definition) is 2. The van der Waals surface area contributed by atoms with Crippen LogP contribution in [-0.4, -0.2) is 18.2 Å². The minimum absolute atomic E-state index is 0.0287. The Kier molecular flexibility index (Phi) is 7.34. The van der Waals surface area contributed by atoms with Crippen LogP contribution in [0, 0.1) is 17.8 Å². The molecule has 0 bridgehead atoms. The number of ether oxygens (including phenoxy) is 1. The molecule has 2 aliphatic rings. The highest BCUT2D eigenvalue weighted by atomic mass is 35.5. The van der Waals surface area contributed by atoms with Gasteiger partial charge in [0.15, 0.2) is 0 Å². The van der Waals surface area contributed by atoms with Gasteiger partial charge < -0.3 is 10.1 Å². The van der Waals surface area contributed by atoms with Gasteiger partial charge in [-0.15, -0.1) is 0 Å². The van der Waals surface area contributed by atoms with Crippen LogP contribution in [0.2, 0.25) is 5.02 Å². The minimum Gasteiger partial charge on any atom is -0.337 e. The summed E-state index contributed by atoms with van der Waals surface area (Å²) < 4.78 is 52.1. The Bertz CT molecular complexity index is 1550. The molecule has 7 heteroatoms. The number of hydrogen-bond donors (Lipinski definition) is 1. The smallest absolute Gasteiger partial charge is 0.337 e. The van der Waals surface area contributed by atoms with Crippen molar-refractivity contribution in [3.05, 3.63) is 136 Å². The number of amides is 1. The Labute approximate surface area is 247 Å². The molecule has 3 nitrogen and oxygen atoms in total. The number of fused-ring (bicyclic) bond motifs is 1. The van der Waals surface area contributed by atoms with Gasteiger partial charge in [0.05, 0.1) is 0 Å². The van der Waals surface area contributed by atoms with Crippen LogP contribution in [0.5, 0.6) is 0 Å². The predicted molar refractivity (Wildman–Crippen MR) is 157 cm³/mol. The summed E-state index contributed by atoms with van der Waals surface area (Å²) in [7, 11) is 0. The third-order valence-corrected chi connectivity index (χ3v) is 8.19. The molecular formula is C35H27ClF3NO2. The van der Waals surface area contributed by atoms with Crippen molar-refractivity contribution in [2.24, 2.45) is 5.92 Å². The van der Waals surface area contributed by atoms with Gasteiger partial charge in [-0.1, -0.05) is 114 Å². The van der Waals surface area contributed by atoms with E-state index in [0.717, 1.165) is 29.5 Å². The third-order valence-electron chi connectivity index (χ3n) is 7.95. The zero-order chi connectivity index (χ0) is 29.4. The molecule has 4 aromatic rings. The highest BCUT2D eigenvalue weighted by molar-refractivity contribution is 6.30. The van der Waals surface area contributed by atoms with Gasteiger partial charge in [0.1, 0.15) is 6.10 Å². The maximum atomic E-state index is 15.4. The number of rotatable bonds is 5. The quantitative estimate of drug-likeness (QED) is 0.189. The molecule has 2 atom stereocenters. The van der Waals surface area contributed by atoms with Crippen molar-refractivity contribution in [3.8, 4) is 11.8 Å². The maximum Gasteiger partial charge on any atom is 0.433 e. The molecule has 1 amide bonds. The number of carbonyl (C=O) groups is 1. The van der Waals surface area contributed by atoms with Gasteiger partial charge in [-0.05, 0) is 47.7 Å². The fourth-order valence-electron chi connectivity index (χ4n) is 5.71. The van der Waals surface area contributed by atoms with Crippen molar-refractivity contribution in [1.29, 1.82) is 0 Å². The molecule has 0 aromatic heterocycles. The molecule has 212 valence electrons. The standard InChI is InChI=1S/C35H27ClF3NO2/c36-28-18-19-30-29(22-28)34(35(37,38)39,21-20-24-16-17-24)42-31(32(41)40-30)23-33(25-10-4-1-5-11-25,26-12-6-2-7-13-26)27-14-8-3-9-15-27/h1-15,18-19,22,24,31H,16-17,23H2,(H,40,41)/t31-,34-/m1/s1. The second-order valence-corrected chi connectivity index (χ2v) is 11.2. The van der Waals surface area contributed by atoms with E-state index in [1.54, 1.807) is 0 Å². The van der Waals surface area contributed by atoms with Crippen LogP contribution in [0.3, 0.4) is 0 Å². The molecule has 42 heavy (non-hydrogen) atoms. The number of alkyl halides is 3. The molecule has 1 heterocycles. The first-order valence-corrected chi connectivity index (χ1v) is 14.2. The zero-order valence-corrected chi connectivity index (χ0v) is 23.3. The Balaban J connectivity index is 1.58. The summed E-state index contributed by atoms with van der Waals surface area (Å²) >= 11 is 6.22. The third kappa shape index (κ3) is 5.08. The van der Waals surface area contributed by atoms with Gasteiger partial charge >= 0.3 is 6.18 Å². The predicted octanol–water partition coefficient (Wildman–Crippen LogP) is 8.27. The average Bonchev–Trinajstić information content (AvgIpc) is 3.84. The van der Waals surface area contributed by atoms with Crippen molar-refractivity contribution < 1.29 is 22.7 Å². The van der Waals surface area contributed by atoms with Crippen molar-refractivity contribution in [1.82, 2.24) is 0 Å². The first-order valence-electron chi connectivity index (χ1n) is 13.8.